The van der Waals surface area contributed by atoms with E-state index in [0.717, 1.165) is 22.7 Å². The van der Waals surface area contributed by atoms with Gasteiger partial charge in [-0.3, -0.25) is 0 Å². The molecular weight excluding hydrogens is 260 g/mol. The highest BCUT2D eigenvalue weighted by Gasteiger charge is 2.25. The third kappa shape index (κ3) is 3.26. The number of carbonyl (C=O) groups is 1. The number of methoxy groups -OCH3 is 1. The summed E-state index contributed by atoms with van der Waals surface area (Å²) in [4.78, 5) is 16.6. The first-order valence-electron chi connectivity index (χ1n) is 6.83. The van der Waals surface area contributed by atoms with Crippen molar-refractivity contribution in [1.82, 2.24) is 4.98 Å². The zero-order valence-corrected chi connectivity index (χ0v) is 12.8. The van der Waals surface area contributed by atoms with Crippen LogP contribution in [0.5, 0.6) is 0 Å². The molecule has 3 atom stereocenters. The number of carbonyl (C=O) groups excluding carboxylic acids is 1. The molecule has 5 heteroatoms. The van der Waals surface area contributed by atoms with Crippen LogP contribution < -0.4 is 5.32 Å². The minimum absolute atomic E-state index is 0.298. The molecule has 0 saturated heterocycles. The molecule has 0 amide bonds. The number of nitrogens with zero attached hydrogens (tertiary/aromatic N) is 1. The van der Waals surface area contributed by atoms with Gasteiger partial charge in [0.2, 0.25) is 0 Å². The van der Waals surface area contributed by atoms with Crippen LogP contribution in [0.25, 0.3) is 0 Å². The zero-order valence-electron chi connectivity index (χ0n) is 12.0. The van der Waals surface area contributed by atoms with Gasteiger partial charge in [-0.2, -0.15) is 0 Å². The van der Waals surface area contributed by atoms with Gasteiger partial charge in [0.15, 0.2) is 5.13 Å². The fourth-order valence-corrected chi connectivity index (χ4v) is 3.56. The van der Waals surface area contributed by atoms with Crippen molar-refractivity contribution in [3.8, 4) is 0 Å². The van der Waals surface area contributed by atoms with E-state index in [4.69, 9.17) is 4.74 Å². The Morgan fingerprint density at radius 1 is 1.37 bits per heavy atom. The number of esters is 1. The Labute approximate surface area is 118 Å². The lowest BCUT2D eigenvalue weighted by molar-refractivity contribution is 0.0605. The third-order valence-corrected chi connectivity index (χ3v) is 5.16. The van der Waals surface area contributed by atoms with Crippen molar-refractivity contribution >= 4 is 22.4 Å². The van der Waals surface area contributed by atoms with Crippen LogP contribution in [-0.4, -0.2) is 24.1 Å². The SMILES string of the molecule is COC(=O)c1sc(NC2CCC(C)C(C)C2)nc1C. The molecule has 0 aliphatic heterocycles. The number of aryl methyl sites for hydroxylation is 1. The van der Waals surface area contributed by atoms with Crippen molar-refractivity contribution in [3.63, 3.8) is 0 Å². The summed E-state index contributed by atoms with van der Waals surface area (Å²) in [6.45, 7) is 6.48. The van der Waals surface area contributed by atoms with E-state index in [1.807, 2.05) is 6.92 Å². The second kappa shape index (κ2) is 5.90. The predicted molar refractivity (Wildman–Crippen MR) is 77.8 cm³/mol. The maximum atomic E-state index is 11.6. The van der Waals surface area contributed by atoms with Gasteiger partial charge >= 0.3 is 5.97 Å². The highest BCUT2D eigenvalue weighted by molar-refractivity contribution is 7.17. The molecule has 1 N–H and O–H groups in total. The highest BCUT2D eigenvalue weighted by atomic mass is 32.1. The summed E-state index contributed by atoms with van der Waals surface area (Å²) in [5.41, 5.74) is 0.747. The molecule has 4 nitrogen and oxygen atoms in total. The van der Waals surface area contributed by atoms with Gasteiger partial charge in [0, 0.05) is 6.04 Å². The molecule has 1 aliphatic rings. The van der Waals surface area contributed by atoms with E-state index in [1.54, 1.807) is 0 Å². The molecule has 3 unspecified atom stereocenters. The Morgan fingerprint density at radius 3 is 2.74 bits per heavy atom. The predicted octanol–water partition coefficient (Wildman–Crippen LogP) is 3.47. The lowest BCUT2D eigenvalue weighted by Crippen LogP contribution is -2.30. The van der Waals surface area contributed by atoms with Crippen LogP contribution in [0.1, 0.15) is 48.5 Å². The number of hydrogen-bond acceptors (Lipinski definition) is 5. The lowest BCUT2D eigenvalue weighted by atomic mass is 9.79. The molecule has 0 aromatic carbocycles. The van der Waals surface area contributed by atoms with Crippen LogP contribution in [0, 0.1) is 18.8 Å². The molecular formula is C14H22N2O2S. The number of rotatable bonds is 3. The van der Waals surface area contributed by atoms with E-state index >= 15 is 0 Å². The summed E-state index contributed by atoms with van der Waals surface area (Å²) in [5.74, 6) is 1.25. The second-order valence-electron chi connectivity index (χ2n) is 5.53. The number of anilines is 1. The Kier molecular flexibility index (Phi) is 4.45. The van der Waals surface area contributed by atoms with E-state index in [0.29, 0.717) is 10.9 Å². The Hall–Kier alpha value is -1.10. The molecule has 1 aromatic rings. The third-order valence-electron chi connectivity index (χ3n) is 4.09. The van der Waals surface area contributed by atoms with E-state index in [-0.39, 0.29) is 5.97 Å². The van der Waals surface area contributed by atoms with Crippen molar-refractivity contribution in [3.05, 3.63) is 10.6 Å². The molecule has 0 radical (unpaired) electrons. The molecule has 0 bridgehead atoms. The first-order valence-corrected chi connectivity index (χ1v) is 7.65. The number of hydrogen-bond donors (Lipinski definition) is 1. The maximum absolute atomic E-state index is 11.6. The van der Waals surface area contributed by atoms with Crippen molar-refractivity contribution in [2.75, 3.05) is 12.4 Å². The van der Waals surface area contributed by atoms with Crippen molar-refractivity contribution in [1.29, 1.82) is 0 Å². The lowest BCUT2D eigenvalue weighted by Gasteiger charge is -2.32. The van der Waals surface area contributed by atoms with Crippen LogP contribution in [0.3, 0.4) is 0 Å². The van der Waals surface area contributed by atoms with Gasteiger partial charge in [-0.25, -0.2) is 9.78 Å². The first-order chi connectivity index (χ1) is 9.01. The monoisotopic (exact) mass is 282 g/mol. The molecule has 1 heterocycles. The van der Waals surface area contributed by atoms with E-state index < -0.39 is 0 Å². The highest BCUT2D eigenvalue weighted by Crippen LogP contribution is 2.32. The Bertz CT molecular complexity index is 458. The molecule has 19 heavy (non-hydrogen) atoms. The van der Waals surface area contributed by atoms with Crippen LogP contribution in [0.15, 0.2) is 0 Å². The molecule has 1 fully saturated rings. The second-order valence-corrected chi connectivity index (χ2v) is 6.53. The largest absolute Gasteiger partial charge is 0.465 e. The summed E-state index contributed by atoms with van der Waals surface area (Å²) in [7, 11) is 1.40. The molecule has 1 aromatic heterocycles. The van der Waals surface area contributed by atoms with E-state index in [1.165, 1.54) is 37.7 Å². The standard InChI is InChI=1S/C14H22N2O2S/c1-8-5-6-11(7-9(8)2)16-14-15-10(3)12(19-14)13(17)18-4/h8-9,11H,5-7H2,1-4H3,(H,15,16). The van der Waals surface area contributed by atoms with E-state index in [2.05, 4.69) is 24.1 Å². The minimum Gasteiger partial charge on any atom is -0.465 e. The smallest absolute Gasteiger partial charge is 0.350 e. The van der Waals surface area contributed by atoms with Gasteiger partial charge < -0.3 is 10.1 Å². The average Bonchev–Trinajstić information content (AvgIpc) is 2.74. The average molecular weight is 282 g/mol. The summed E-state index contributed by atoms with van der Waals surface area (Å²) in [6.07, 6.45) is 3.61. The number of aromatic nitrogens is 1. The van der Waals surface area contributed by atoms with Crippen molar-refractivity contribution in [2.45, 2.75) is 46.1 Å². The summed E-state index contributed by atoms with van der Waals surface area (Å²) >= 11 is 1.39. The van der Waals surface area contributed by atoms with Gasteiger partial charge in [-0.05, 0) is 38.0 Å². The van der Waals surface area contributed by atoms with Crippen molar-refractivity contribution < 1.29 is 9.53 Å². The number of nitrogens with one attached hydrogen (secondary N) is 1. The fraction of sp³-hybridized carbons (Fsp3) is 0.714. The Balaban J connectivity index is 2.02. The van der Waals surface area contributed by atoms with Crippen LogP contribution in [0.4, 0.5) is 5.13 Å². The van der Waals surface area contributed by atoms with Gasteiger partial charge in [0.1, 0.15) is 4.88 Å². The van der Waals surface area contributed by atoms with Crippen molar-refractivity contribution in [2.24, 2.45) is 11.8 Å². The van der Waals surface area contributed by atoms with Crippen LogP contribution in [-0.2, 0) is 4.74 Å². The van der Waals surface area contributed by atoms with Gasteiger partial charge in [-0.15, -0.1) is 0 Å². The number of thiazole rings is 1. The van der Waals surface area contributed by atoms with Gasteiger partial charge in [0.25, 0.3) is 0 Å². The zero-order chi connectivity index (χ0) is 14.0. The summed E-state index contributed by atoms with van der Waals surface area (Å²) in [5, 5.41) is 4.31. The Morgan fingerprint density at radius 2 is 2.11 bits per heavy atom. The molecule has 1 aliphatic carbocycles. The van der Waals surface area contributed by atoms with Gasteiger partial charge in [0.05, 0.1) is 12.8 Å². The molecule has 0 spiro atoms. The quantitative estimate of drug-likeness (QED) is 0.862. The summed E-state index contributed by atoms with van der Waals surface area (Å²) < 4.78 is 4.76. The number of ether oxygens (including phenoxy) is 1. The van der Waals surface area contributed by atoms with Crippen LogP contribution in [0.2, 0.25) is 0 Å². The molecule has 106 valence electrons. The van der Waals surface area contributed by atoms with Crippen LogP contribution >= 0.6 is 11.3 Å². The fourth-order valence-electron chi connectivity index (χ4n) is 2.59. The maximum Gasteiger partial charge on any atom is 0.350 e. The first kappa shape index (κ1) is 14.3. The normalized spacial score (nSPS) is 27.1. The topological polar surface area (TPSA) is 51.2 Å². The van der Waals surface area contributed by atoms with E-state index in [9.17, 15) is 4.79 Å². The summed E-state index contributed by atoms with van der Waals surface area (Å²) in [6, 6.07) is 0.474. The molecule has 2 rings (SSSR count). The molecule has 1 saturated carbocycles. The van der Waals surface area contributed by atoms with Gasteiger partial charge in [-0.1, -0.05) is 25.2 Å². The minimum atomic E-state index is -0.298.